The molecule has 10 nitrogen and oxygen atoms in total. The number of methoxy groups -OCH3 is 2. The second kappa shape index (κ2) is 10.5. The molecule has 184 valence electrons. The molecule has 0 aliphatic carbocycles. The minimum atomic E-state index is -0.462. The van der Waals surface area contributed by atoms with Gasteiger partial charge in [0, 0.05) is 18.1 Å². The van der Waals surface area contributed by atoms with Gasteiger partial charge in [-0.1, -0.05) is 12.1 Å². The van der Waals surface area contributed by atoms with E-state index in [0.717, 1.165) is 5.56 Å². The first-order valence-corrected chi connectivity index (χ1v) is 11.3. The lowest BCUT2D eigenvalue weighted by Gasteiger charge is -2.31. The van der Waals surface area contributed by atoms with Crippen molar-refractivity contribution in [2.24, 2.45) is 0 Å². The van der Waals surface area contributed by atoms with Gasteiger partial charge in [0.15, 0.2) is 11.5 Å². The quantitative estimate of drug-likeness (QED) is 0.555. The maximum Gasteiger partial charge on any atom is 0.338 e. The summed E-state index contributed by atoms with van der Waals surface area (Å²) >= 11 is 0. The SMILES string of the molecule is CCOC(=O)c1cccc(NC(=O)CN2C=CN3NC(c4ccc(OC)c(OC)c4)CC3C2=O)c1. The van der Waals surface area contributed by atoms with E-state index in [9.17, 15) is 14.4 Å². The molecule has 0 radical (unpaired) electrons. The summed E-state index contributed by atoms with van der Waals surface area (Å²) in [6.07, 6.45) is 3.86. The zero-order valence-corrected chi connectivity index (χ0v) is 19.8. The highest BCUT2D eigenvalue weighted by molar-refractivity contribution is 5.97. The zero-order chi connectivity index (χ0) is 24.9. The Morgan fingerprint density at radius 3 is 2.63 bits per heavy atom. The first-order chi connectivity index (χ1) is 16.9. The second-order valence-corrected chi connectivity index (χ2v) is 8.07. The van der Waals surface area contributed by atoms with Gasteiger partial charge in [-0.15, -0.1) is 0 Å². The van der Waals surface area contributed by atoms with Crippen molar-refractivity contribution in [3.63, 3.8) is 0 Å². The summed E-state index contributed by atoms with van der Waals surface area (Å²) in [5.74, 6) is 0.227. The molecule has 2 amide bonds. The van der Waals surface area contributed by atoms with E-state index in [0.29, 0.717) is 29.2 Å². The minimum Gasteiger partial charge on any atom is -0.493 e. The molecule has 0 spiro atoms. The molecule has 2 aromatic rings. The summed E-state index contributed by atoms with van der Waals surface area (Å²) in [4.78, 5) is 39.1. The third kappa shape index (κ3) is 5.22. The lowest BCUT2D eigenvalue weighted by atomic mass is 10.0. The van der Waals surface area contributed by atoms with Crippen LogP contribution in [0.5, 0.6) is 11.5 Å². The van der Waals surface area contributed by atoms with Crippen LogP contribution in [0.15, 0.2) is 54.9 Å². The number of carbonyl (C=O) groups is 3. The van der Waals surface area contributed by atoms with Gasteiger partial charge in [0.2, 0.25) is 5.91 Å². The standard InChI is InChI=1S/C25H28N4O6/c1-4-35-25(32)17-6-5-7-18(12-17)26-23(30)15-28-10-11-29-20(24(28)31)14-19(27-29)16-8-9-21(33-2)22(13-16)34-3/h5-13,19-20,27H,4,14-15H2,1-3H3,(H,26,30). The minimum absolute atomic E-state index is 0.104. The number of amides is 2. The van der Waals surface area contributed by atoms with Crippen LogP contribution in [0.2, 0.25) is 0 Å². The van der Waals surface area contributed by atoms with Crippen molar-refractivity contribution in [1.29, 1.82) is 0 Å². The average molecular weight is 481 g/mol. The van der Waals surface area contributed by atoms with Gasteiger partial charge in [-0.25, -0.2) is 10.2 Å². The molecule has 10 heteroatoms. The fourth-order valence-electron chi connectivity index (χ4n) is 4.15. The first-order valence-electron chi connectivity index (χ1n) is 11.3. The fraction of sp³-hybridized carbons (Fsp3) is 0.320. The monoisotopic (exact) mass is 480 g/mol. The molecule has 2 heterocycles. The average Bonchev–Trinajstić information content (AvgIpc) is 3.31. The van der Waals surface area contributed by atoms with Gasteiger partial charge in [0.25, 0.3) is 5.91 Å². The molecule has 2 unspecified atom stereocenters. The number of anilines is 1. The normalized spacial score (nSPS) is 18.8. The summed E-state index contributed by atoms with van der Waals surface area (Å²) in [5, 5.41) is 4.50. The van der Waals surface area contributed by atoms with E-state index in [4.69, 9.17) is 14.2 Å². The van der Waals surface area contributed by atoms with Gasteiger partial charge in [0.05, 0.1) is 32.4 Å². The van der Waals surface area contributed by atoms with Gasteiger partial charge in [-0.2, -0.15) is 0 Å². The largest absolute Gasteiger partial charge is 0.493 e. The Kier molecular flexibility index (Phi) is 7.21. The van der Waals surface area contributed by atoms with Crippen LogP contribution in [-0.2, 0) is 14.3 Å². The molecule has 35 heavy (non-hydrogen) atoms. The number of benzene rings is 2. The molecule has 2 aromatic carbocycles. The van der Waals surface area contributed by atoms with Crippen molar-refractivity contribution < 1.29 is 28.6 Å². The maximum atomic E-state index is 13.1. The number of carbonyl (C=O) groups excluding carboxylic acids is 3. The number of fused-ring (bicyclic) bond motifs is 1. The van der Waals surface area contributed by atoms with Crippen LogP contribution in [0.1, 0.15) is 35.3 Å². The molecule has 0 aromatic heterocycles. The second-order valence-electron chi connectivity index (χ2n) is 8.07. The van der Waals surface area contributed by atoms with Crippen LogP contribution >= 0.6 is 0 Å². The number of nitrogens with one attached hydrogen (secondary N) is 2. The van der Waals surface area contributed by atoms with Gasteiger partial charge in [-0.3, -0.25) is 9.59 Å². The Bertz CT molecular complexity index is 1150. The number of ether oxygens (including phenoxy) is 3. The van der Waals surface area contributed by atoms with Crippen molar-refractivity contribution in [3.05, 3.63) is 66.0 Å². The Labute approximate surface area is 203 Å². The summed E-state index contributed by atoms with van der Waals surface area (Å²) in [6.45, 7) is 1.84. The van der Waals surface area contributed by atoms with Crippen molar-refractivity contribution >= 4 is 23.5 Å². The van der Waals surface area contributed by atoms with Crippen LogP contribution in [-0.4, -0.2) is 61.1 Å². The molecule has 2 atom stereocenters. The molecular formula is C25H28N4O6. The van der Waals surface area contributed by atoms with E-state index in [2.05, 4.69) is 10.7 Å². The third-order valence-electron chi connectivity index (χ3n) is 5.86. The Balaban J connectivity index is 1.38. The maximum absolute atomic E-state index is 13.1. The summed E-state index contributed by atoms with van der Waals surface area (Å²) in [6, 6.07) is 11.6. The summed E-state index contributed by atoms with van der Waals surface area (Å²) in [5.41, 5.74) is 5.08. The number of esters is 1. The van der Waals surface area contributed by atoms with Crippen molar-refractivity contribution in [2.75, 3.05) is 32.7 Å². The van der Waals surface area contributed by atoms with E-state index < -0.39 is 12.0 Å². The predicted molar refractivity (Wildman–Crippen MR) is 128 cm³/mol. The highest BCUT2D eigenvalue weighted by Gasteiger charge is 2.40. The van der Waals surface area contributed by atoms with Gasteiger partial charge >= 0.3 is 5.97 Å². The van der Waals surface area contributed by atoms with E-state index in [-0.39, 0.29) is 31.0 Å². The number of rotatable bonds is 8. The van der Waals surface area contributed by atoms with E-state index >= 15 is 0 Å². The molecule has 0 bridgehead atoms. The summed E-state index contributed by atoms with van der Waals surface area (Å²) < 4.78 is 15.7. The third-order valence-corrected chi connectivity index (χ3v) is 5.86. The molecule has 4 rings (SSSR count). The Morgan fingerprint density at radius 1 is 1.09 bits per heavy atom. The predicted octanol–water partition coefficient (Wildman–Crippen LogP) is 2.45. The fourth-order valence-corrected chi connectivity index (χ4v) is 4.15. The lowest BCUT2D eigenvalue weighted by molar-refractivity contribution is -0.137. The smallest absolute Gasteiger partial charge is 0.338 e. The number of hydrogen-bond donors (Lipinski definition) is 2. The Hall–Kier alpha value is -4.05. The van der Waals surface area contributed by atoms with Gasteiger partial charge < -0.3 is 29.4 Å². The van der Waals surface area contributed by atoms with E-state index in [1.165, 1.54) is 4.90 Å². The zero-order valence-electron chi connectivity index (χ0n) is 19.8. The van der Waals surface area contributed by atoms with Crippen molar-refractivity contribution in [1.82, 2.24) is 15.3 Å². The Morgan fingerprint density at radius 2 is 1.89 bits per heavy atom. The number of hydrogen-bond acceptors (Lipinski definition) is 8. The molecular weight excluding hydrogens is 452 g/mol. The van der Waals surface area contributed by atoms with Crippen LogP contribution in [0, 0.1) is 0 Å². The lowest BCUT2D eigenvalue weighted by Crippen LogP contribution is -2.49. The van der Waals surface area contributed by atoms with Gasteiger partial charge in [-0.05, 0) is 49.2 Å². The van der Waals surface area contributed by atoms with Crippen molar-refractivity contribution in [2.45, 2.75) is 25.4 Å². The summed E-state index contributed by atoms with van der Waals surface area (Å²) in [7, 11) is 3.16. The highest BCUT2D eigenvalue weighted by Crippen LogP contribution is 2.35. The molecule has 1 fully saturated rings. The number of hydrazine groups is 1. The van der Waals surface area contributed by atoms with E-state index in [1.54, 1.807) is 62.8 Å². The molecule has 2 aliphatic heterocycles. The molecule has 1 saturated heterocycles. The molecule has 2 aliphatic rings. The van der Waals surface area contributed by atoms with Crippen LogP contribution in [0.25, 0.3) is 0 Å². The number of nitrogens with zero attached hydrogens (tertiary/aromatic N) is 2. The topological polar surface area (TPSA) is 109 Å². The highest BCUT2D eigenvalue weighted by atomic mass is 16.5. The van der Waals surface area contributed by atoms with Gasteiger partial charge in [0.1, 0.15) is 12.6 Å². The van der Waals surface area contributed by atoms with Crippen LogP contribution in [0.3, 0.4) is 0 Å². The van der Waals surface area contributed by atoms with Crippen LogP contribution in [0.4, 0.5) is 5.69 Å². The van der Waals surface area contributed by atoms with E-state index in [1.807, 2.05) is 18.2 Å². The molecule has 2 N–H and O–H groups in total. The molecule has 0 saturated carbocycles. The van der Waals surface area contributed by atoms with Crippen molar-refractivity contribution in [3.8, 4) is 11.5 Å². The van der Waals surface area contributed by atoms with Crippen LogP contribution < -0.4 is 20.2 Å². The first kappa shape index (κ1) is 24.1.